The number of ether oxygens (including phenoxy) is 1. The lowest BCUT2D eigenvalue weighted by molar-refractivity contribution is -0.385. The maximum Gasteiger partial charge on any atom is 0.273 e. The van der Waals surface area contributed by atoms with Gasteiger partial charge in [-0.15, -0.1) is 0 Å². The van der Waals surface area contributed by atoms with Gasteiger partial charge in [0.2, 0.25) is 0 Å². The van der Waals surface area contributed by atoms with E-state index in [2.05, 4.69) is 19.2 Å². The normalized spacial score (nSPS) is 12.5. The lowest BCUT2D eigenvalue weighted by Gasteiger charge is -2.20. The van der Waals surface area contributed by atoms with Crippen LogP contribution in [0.1, 0.15) is 25.8 Å². The highest BCUT2D eigenvalue weighted by Gasteiger charge is 2.14. The molecule has 1 N–H and O–H groups in total. The van der Waals surface area contributed by atoms with Gasteiger partial charge in [0.05, 0.1) is 18.1 Å². The number of hydrogen-bond donors (Lipinski definition) is 1. The van der Waals surface area contributed by atoms with Crippen molar-refractivity contribution >= 4 is 5.69 Å². The minimum Gasteiger partial charge on any atom is -0.496 e. The highest BCUT2D eigenvalue weighted by atomic mass is 16.6. The SMILES string of the molecule is CNC(CCc1cc(OC)cc([N+](=O)[O-])c1)C(C)C. The molecule has 1 rings (SSSR count). The van der Waals surface area contributed by atoms with Crippen LogP contribution in [0.25, 0.3) is 0 Å². The molecule has 0 aliphatic rings. The third-order valence-corrected chi connectivity index (χ3v) is 3.32. The number of rotatable bonds is 7. The number of benzene rings is 1. The summed E-state index contributed by atoms with van der Waals surface area (Å²) in [6.45, 7) is 4.32. The van der Waals surface area contributed by atoms with Crippen molar-refractivity contribution in [1.29, 1.82) is 0 Å². The van der Waals surface area contributed by atoms with Gasteiger partial charge in [-0.25, -0.2) is 0 Å². The van der Waals surface area contributed by atoms with Crippen molar-refractivity contribution in [2.45, 2.75) is 32.7 Å². The summed E-state index contributed by atoms with van der Waals surface area (Å²) >= 11 is 0. The van der Waals surface area contributed by atoms with E-state index in [0.29, 0.717) is 17.7 Å². The number of nitro groups is 1. The lowest BCUT2D eigenvalue weighted by atomic mass is 9.96. The first-order valence-corrected chi connectivity index (χ1v) is 6.47. The molecular formula is C14H22N2O3. The van der Waals surface area contributed by atoms with E-state index in [4.69, 9.17) is 4.74 Å². The zero-order chi connectivity index (χ0) is 14.4. The quantitative estimate of drug-likeness (QED) is 0.609. The van der Waals surface area contributed by atoms with Gasteiger partial charge in [0, 0.05) is 12.1 Å². The van der Waals surface area contributed by atoms with Crippen LogP contribution < -0.4 is 10.1 Å². The third kappa shape index (κ3) is 4.52. The molecule has 106 valence electrons. The number of nitro benzene ring substituents is 1. The zero-order valence-electron chi connectivity index (χ0n) is 12.0. The fourth-order valence-electron chi connectivity index (χ4n) is 2.14. The van der Waals surface area contributed by atoms with Crippen LogP contribution in [0, 0.1) is 16.0 Å². The Hall–Kier alpha value is -1.62. The molecule has 0 aromatic heterocycles. The molecule has 1 aromatic carbocycles. The van der Waals surface area contributed by atoms with Crippen LogP contribution in [0.15, 0.2) is 18.2 Å². The Labute approximate surface area is 114 Å². The zero-order valence-corrected chi connectivity index (χ0v) is 12.0. The Morgan fingerprint density at radius 3 is 2.53 bits per heavy atom. The minimum atomic E-state index is -0.385. The Morgan fingerprint density at radius 2 is 2.05 bits per heavy atom. The second-order valence-corrected chi connectivity index (χ2v) is 4.97. The molecule has 0 saturated carbocycles. The van der Waals surface area contributed by atoms with E-state index in [0.717, 1.165) is 18.4 Å². The predicted molar refractivity (Wildman–Crippen MR) is 75.7 cm³/mol. The van der Waals surface area contributed by atoms with E-state index in [1.54, 1.807) is 6.07 Å². The van der Waals surface area contributed by atoms with Crippen molar-refractivity contribution in [2.75, 3.05) is 14.2 Å². The predicted octanol–water partition coefficient (Wildman–Crippen LogP) is 2.78. The molecule has 1 atom stereocenters. The summed E-state index contributed by atoms with van der Waals surface area (Å²) in [5.41, 5.74) is 1.02. The number of nitrogens with one attached hydrogen (secondary N) is 1. The molecule has 0 aliphatic carbocycles. The fourth-order valence-corrected chi connectivity index (χ4v) is 2.14. The fraction of sp³-hybridized carbons (Fsp3) is 0.571. The molecular weight excluding hydrogens is 244 g/mol. The van der Waals surface area contributed by atoms with Crippen LogP contribution >= 0.6 is 0 Å². The van der Waals surface area contributed by atoms with Crippen molar-refractivity contribution in [3.63, 3.8) is 0 Å². The Kier molecular flexibility index (Phi) is 5.76. The first-order valence-electron chi connectivity index (χ1n) is 6.47. The first-order chi connectivity index (χ1) is 8.97. The van der Waals surface area contributed by atoms with Gasteiger partial charge < -0.3 is 10.1 Å². The first kappa shape index (κ1) is 15.4. The molecule has 19 heavy (non-hydrogen) atoms. The van der Waals surface area contributed by atoms with E-state index >= 15 is 0 Å². The summed E-state index contributed by atoms with van der Waals surface area (Å²) < 4.78 is 5.11. The lowest BCUT2D eigenvalue weighted by Crippen LogP contribution is -2.31. The molecule has 0 heterocycles. The summed E-state index contributed by atoms with van der Waals surface area (Å²) in [7, 11) is 3.46. The monoisotopic (exact) mass is 266 g/mol. The van der Waals surface area contributed by atoms with Crippen molar-refractivity contribution in [2.24, 2.45) is 5.92 Å². The molecule has 0 spiro atoms. The number of aryl methyl sites for hydroxylation is 1. The third-order valence-electron chi connectivity index (χ3n) is 3.32. The largest absolute Gasteiger partial charge is 0.496 e. The molecule has 0 saturated heterocycles. The molecule has 1 aromatic rings. The summed E-state index contributed by atoms with van der Waals surface area (Å²) in [5.74, 6) is 1.07. The Balaban J connectivity index is 2.82. The number of hydrogen-bond acceptors (Lipinski definition) is 4. The van der Waals surface area contributed by atoms with Gasteiger partial charge >= 0.3 is 0 Å². The van der Waals surface area contributed by atoms with Crippen molar-refractivity contribution in [3.8, 4) is 5.75 Å². The van der Waals surface area contributed by atoms with E-state index < -0.39 is 0 Å². The highest BCUT2D eigenvalue weighted by Crippen LogP contribution is 2.24. The second kappa shape index (κ2) is 7.09. The second-order valence-electron chi connectivity index (χ2n) is 4.97. The maximum atomic E-state index is 10.9. The van der Waals surface area contributed by atoms with Gasteiger partial charge in [0.25, 0.3) is 5.69 Å². The highest BCUT2D eigenvalue weighted by molar-refractivity contribution is 5.42. The molecule has 0 radical (unpaired) electrons. The molecule has 1 unspecified atom stereocenters. The molecule has 5 nitrogen and oxygen atoms in total. The van der Waals surface area contributed by atoms with Crippen LogP contribution in [0.4, 0.5) is 5.69 Å². The smallest absolute Gasteiger partial charge is 0.273 e. The van der Waals surface area contributed by atoms with Crippen LogP contribution in [0.5, 0.6) is 5.75 Å². The molecule has 0 fully saturated rings. The Morgan fingerprint density at radius 1 is 1.37 bits per heavy atom. The van der Waals surface area contributed by atoms with Crippen molar-refractivity contribution < 1.29 is 9.66 Å². The van der Waals surface area contributed by atoms with E-state index in [1.807, 2.05) is 13.1 Å². The van der Waals surface area contributed by atoms with Gasteiger partial charge in [0.1, 0.15) is 5.75 Å². The van der Waals surface area contributed by atoms with Crippen LogP contribution in [-0.2, 0) is 6.42 Å². The average molecular weight is 266 g/mol. The number of non-ortho nitro benzene ring substituents is 1. The van der Waals surface area contributed by atoms with Gasteiger partial charge in [-0.1, -0.05) is 13.8 Å². The van der Waals surface area contributed by atoms with Crippen LogP contribution in [0.3, 0.4) is 0 Å². The number of nitrogens with zero attached hydrogens (tertiary/aromatic N) is 1. The van der Waals surface area contributed by atoms with Crippen LogP contribution in [0.2, 0.25) is 0 Å². The van der Waals surface area contributed by atoms with E-state index in [-0.39, 0.29) is 10.6 Å². The molecule has 5 heteroatoms. The van der Waals surface area contributed by atoms with Crippen molar-refractivity contribution in [1.82, 2.24) is 5.32 Å². The Bertz CT molecular complexity index is 433. The van der Waals surface area contributed by atoms with Crippen LogP contribution in [-0.4, -0.2) is 25.1 Å². The minimum absolute atomic E-state index is 0.0832. The average Bonchev–Trinajstić information content (AvgIpc) is 2.38. The van der Waals surface area contributed by atoms with E-state index in [9.17, 15) is 10.1 Å². The summed E-state index contributed by atoms with van der Waals surface area (Å²) in [5, 5.41) is 14.1. The summed E-state index contributed by atoms with van der Waals surface area (Å²) in [6, 6.07) is 5.34. The summed E-state index contributed by atoms with van der Waals surface area (Å²) in [6.07, 6.45) is 1.74. The topological polar surface area (TPSA) is 64.4 Å². The number of methoxy groups -OCH3 is 1. The molecule has 0 aliphatic heterocycles. The molecule has 0 bridgehead atoms. The van der Waals surface area contributed by atoms with E-state index in [1.165, 1.54) is 13.2 Å². The van der Waals surface area contributed by atoms with Gasteiger partial charge in [-0.2, -0.15) is 0 Å². The van der Waals surface area contributed by atoms with Crippen molar-refractivity contribution in [3.05, 3.63) is 33.9 Å². The molecule has 0 amide bonds. The summed E-state index contributed by atoms with van der Waals surface area (Å²) in [4.78, 5) is 10.5. The standard InChI is InChI=1S/C14H22N2O3/c1-10(2)14(15-3)6-5-11-7-12(16(17)18)9-13(8-11)19-4/h7-10,14-15H,5-6H2,1-4H3. The maximum absolute atomic E-state index is 10.9. The van der Waals surface area contributed by atoms with Gasteiger partial charge in [-0.05, 0) is 37.4 Å². The van der Waals surface area contributed by atoms with Gasteiger partial charge in [-0.3, -0.25) is 10.1 Å². The van der Waals surface area contributed by atoms with Gasteiger partial charge in [0.15, 0.2) is 0 Å².